The standard InChI is InChI=1S/C25H32ClNO/c1-19-4-10-24(11-5-19)28-17-21-16-27(15-12-20(21)2)18-25(13-3-14-25)22-6-8-23(26)9-7-22/h4-11,20-21H,3,12-18H2,1-2H3/t20-,21-/m0/s1. The van der Waals surface area contributed by atoms with Crippen LogP contribution in [0.25, 0.3) is 0 Å². The van der Waals surface area contributed by atoms with E-state index in [2.05, 4.69) is 55.1 Å². The summed E-state index contributed by atoms with van der Waals surface area (Å²) in [5, 5.41) is 0.832. The van der Waals surface area contributed by atoms with Crippen LogP contribution in [0.3, 0.4) is 0 Å². The van der Waals surface area contributed by atoms with Crippen molar-refractivity contribution in [3.8, 4) is 5.75 Å². The van der Waals surface area contributed by atoms with Crippen molar-refractivity contribution in [2.75, 3.05) is 26.2 Å². The third-order valence-electron chi connectivity index (χ3n) is 6.98. The number of aryl methyl sites for hydroxylation is 1. The Morgan fingerprint density at radius 1 is 1.07 bits per heavy atom. The molecule has 0 N–H and O–H groups in total. The minimum Gasteiger partial charge on any atom is -0.493 e. The normalized spacial score (nSPS) is 24.5. The Labute approximate surface area is 174 Å². The summed E-state index contributed by atoms with van der Waals surface area (Å²) in [6.45, 7) is 8.83. The molecule has 1 saturated carbocycles. The lowest BCUT2D eigenvalue weighted by molar-refractivity contribution is 0.0544. The number of piperidine rings is 1. The van der Waals surface area contributed by atoms with Crippen LogP contribution < -0.4 is 4.74 Å². The molecule has 4 rings (SSSR count). The molecule has 1 aliphatic heterocycles. The summed E-state index contributed by atoms with van der Waals surface area (Å²) in [5.41, 5.74) is 3.07. The van der Waals surface area contributed by atoms with Crippen LogP contribution in [-0.2, 0) is 5.41 Å². The molecule has 1 saturated heterocycles. The molecule has 0 unspecified atom stereocenters. The number of rotatable bonds is 6. The van der Waals surface area contributed by atoms with Gasteiger partial charge in [-0.25, -0.2) is 0 Å². The van der Waals surface area contributed by atoms with E-state index in [1.54, 1.807) is 0 Å². The minimum absolute atomic E-state index is 0.327. The van der Waals surface area contributed by atoms with Crippen LogP contribution >= 0.6 is 11.6 Å². The van der Waals surface area contributed by atoms with Crippen molar-refractivity contribution in [3.63, 3.8) is 0 Å². The van der Waals surface area contributed by atoms with Gasteiger partial charge in [0, 0.05) is 29.4 Å². The van der Waals surface area contributed by atoms with Crippen LogP contribution in [0, 0.1) is 18.8 Å². The molecule has 1 aliphatic carbocycles. The quantitative estimate of drug-likeness (QED) is 0.583. The van der Waals surface area contributed by atoms with E-state index < -0.39 is 0 Å². The second-order valence-corrected chi connectivity index (χ2v) is 9.46. The third-order valence-corrected chi connectivity index (χ3v) is 7.23. The fourth-order valence-corrected chi connectivity index (χ4v) is 4.92. The van der Waals surface area contributed by atoms with Gasteiger partial charge in [-0.15, -0.1) is 0 Å². The Balaban J connectivity index is 1.38. The van der Waals surface area contributed by atoms with E-state index >= 15 is 0 Å². The fourth-order valence-electron chi connectivity index (χ4n) is 4.80. The molecule has 0 amide bonds. The van der Waals surface area contributed by atoms with Crippen LogP contribution in [0.4, 0.5) is 0 Å². The zero-order valence-corrected chi connectivity index (χ0v) is 17.9. The number of hydrogen-bond donors (Lipinski definition) is 0. The summed E-state index contributed by atoms with van der Waals surface area (Å²) in [4.78, 5) is 2.69. The highest BCUT2D eigenvalue weighted by Crippen LogP contribution is 2.45. The van der Waals surface area contributed by atoms with Crippen LogP contribution in [0.2, 0.25) is 5.02 Å². The van der Waals surface area contributed by atoms with Crippen molar-refractivity contribution >= 4 is 11.6 Å². The van der Waals surface area contributed by atoms with Crippen LogP contribution in [-0.4, -0.2) is 31.1 Å². The van der Waals surface area contributed by atoms with Gasteiger partial charge in [0.05, 0.1) is 6.61 Å². The van der Waals surface area contributed by atoms with Crippen LogP contribution in [0.5, 0.6) is 5.75 Å². The van der Waals surface area contributed by atoms with Gasteiger partial charge >= 0.3 is 0 Å². The van der Waals surface area contributed by atoms with Gasteiger partial charge in [0.1, 0.15) is 5.75 Å². The zero-order chi connectivity index (χ0) is 19.6. The molecule has 2 aromatic rings. The van der Waals surface area contributed by atoms with Crippen molar-refractivity contribution in [1.82, 2.24) is 4.90 Å². The first kappa shape index (κ1) is 19.8. The summed E-state index contributed by atoms with van der Waals surface area (Å²) in [6.07, 6.45) is 5.20. The lowest BCUT2D eigenvalue weighted by atomic mass is 9.64. The number of ether oxygens (including phenoxy) is 1. The summed E-state index contributed by atoms with van der Waals surface area (Å²) in [6, 6.07) is 17.0. The maximum Gasteiger partial charge on any atom is 0.119 e. The van der Waals surface area contributed by atoms with E-state index in [1.807, 2.05) is 12.1 Å². The largest absolute Gasteiger partial charge is 0.493 e. The predicted molar refractivity (Wildman–Crippen MR) is 117 cm³/mol. The third kappa shape index (κ3) is 4.39. The number of benzene rings is 2. The summed E-state index contributed by atoms with van der Waals surface area (Å²) in [7, 11) is 0. The first-order chi connectivity index (χ1) is 13.5. The van der Waals surface area contributed by atoms with Crippen molar-refractivity contribution in [2.45, 2.75) is 44.9 Å². The molecular weight excluding hydrogens is 366 g/mol. The van der Waals surface area contributed by atoms with Crippen LogP contribution in [0.1, 0.15) is 43.7 Å². The molecule has 1 heterocycles. The number of hydrogen-bond acceptors (Lipinski definition) is 2. The Morgan fingerprint density at radius 2 is 1.79 bits per heavy atom. The van der Waals surface area contributed by atoms with Crippen molar-refractivity contribution in [1.29, 1.82) is 0 Å². The molecule has 2 aromatic carbocycles. The molecule has 2 nitrogen and oxygen atoms in total. The van der Waals surface area contributed by atoms with Gasteiger partial charge in [-0.3, -0.25) is 0 Å². The molecule has 3 heteroatoms. The monoisotopic (exact) mass is 397 g/mol. The first-order valence-electron chi connectivity index (χ1n) is 10.7. The smallest absolute Gasteiger partial charge is 0.119 e. The fraction of sp³-hybridized carbons (Fsp3) is 0.520. The summed E-state index contributed by atoms with van der Waals surface area (Å²) >= 11 is 6.12. The SMILES string of the molecule is Cc1ccc(OC[C@@H]2CN(CC3(c4ccc(Cl)cc4)CCC3)CC[C@@H]2C)cc1. The maximum atomic E-state index is 6.15. The molecule has 0 bridgehead atoms. The van der Waals surface area contributed by atoms with Gasteiger partial charge < -0.3 is 9.64 Å². The predicted octanol–water partition coefficient (Wildman–Crippen LogP) is 6.11. The van der Waals surface area contributed by atoms with E-state index in [0.717, 1.165) is 29.8 Å². The zero-order valence-electron chi connectivity index (χ0n) is 17.2. The van der Waals surface area contributed by atoms with E-state index in [9.17, 15) is 0 Å². The van der Waals surface area contributed by atoms with Gasteiger partial charge in [0.2, 0.25) is 0 Å². The van der Waals surface area contributed by atoms with E-state index in [4.69, 9.17) is 16.3 Å². The van der Waals surface area contributed by atoms with Crippen molar-refractivity contribution < 1.29 is 4.74 Å². The number of likely N-dealkylation sites (tertiary alicyclic amines) is 1. The van der Waals surface area contributed by atoms with Gasteiger partial charge in [-0.1, -0.05) is 54.8 Å². The topological polar surface area (TPSA) is 12.5 Å². The molecule has 2 atom stereocenters. The molecule has 150 valence electrons. The first-order valence-corrected chi connectivity index (χ1v) is 11.1. The highest BCUT2D eigenvalue weighted by atomic mass is 35.5. The average molecular weight is 398 g/mol. The van der Waals surface area contributed by atoms with Gasteiger partial charge in [-0.05, 0) is 68.5 Å². The molecule has 0 aromatic heterocycles. The van der Waals surface area contributed by atoms with E-state index in [0.29, 0.717) is 11.3 Å². The van der Waals surface area contributed by atoms with Gasteiger partial charge in [0.15, 0.2) is 0 Å². The Hall–Kier alpha value is -1.51. The lowest BCUT2D eigenvalue weighted by Gasteiger charge is -2.48. The Bertz CT molecular complexity index is 766. The molecule has 0 spiro atoms. The van der Waals surface area contributed by atoms with Gasteiger partial charge in [-0.2, -0.15) is 0 Å². The number of nitrogens with zero attached hydrogens (tertiary/aromatic N) is 1. The van der Waals surface area contributed by atoms with E-state index in [-0.39, 0.29) is 0 Å². The highest BCUT2D eigenvalue weighted by molar-refractivity contribution is 6.30. The van der Waals surface area contributed by atoms with E-state index in [1.165, 1.54) is 49.9 Å². The average Bonchev–Trinajstić information content (AvgIpc) is 2.67. The molecule has 28 heavy (non-hydrogen) atoms. The number of halogens is 1. The highest BCUT2D eigenvalue weighted by Gasteiger charge is 2.41. The molecule has 2 fully saturated rings. The molecular formula is C25H32ClNO. The lowest BCUT2D eigenvalue weighted by Crippen LogP contribution is -2.50. The second-order valence-electron chi connectivity index (χ2n) is 9.03. The summed E-state index contributed by atoms with van der Waals surface area (Å²) in [5.74, 6) is 2.30. The van der Waals surface area contributed by atoms with Crippen molar-refractivity contribution in [2.24, 2.45) is 11.8 Å². The Morgan fingerprint density at radius 3 is 2.43 bits per heavy atom. The molecule has 0 radical (unpaired) electrons. The Kier molecular flexibility index (Phi) is 5.99. The molecule has 2 aliphatic rings. The minimum atomic E-state index is 0.327. The van der Waals surface area contributed by atoms with Crippen molar-refractivity contribution in [3.05, 3.63) is 64.7 Å². The maximum absolute atomic E-state index is 6.15. The van der Waals surface area contributed by atoms with Crippen LogP contribution in [0.15, 0.2) is 48.5 Å². The second kappa shape index (κ2) is 8.47. The summed E-state index contributed by atoms with van der Waals surface area (Å²) < 4.78 is 6.15. The van der Waals surface area contributed by atoms with Gasteiger partial charge in [0.25, 0.3) is 0 Å².